The molecule has 9 heteroatoms. The van der Waals surface area contributed by atoms with Gasteiger partial charge in [0, 0.05) is 41.5 Å². The predicted molar refractivity (Wildman–Crippen MR) is 113 cm³/mol. The topological polar surface area (TPSA) is 83.1 Å². The third kappa shape index (κ3) is 5.45. The molecular weight excluding hydrogens is 419 g/mol. The first kappa shape index (κ1) is 20.1. The molecule has 0 saturated carbocycles. The summed E-state index contributed by atoms with van der Waals surface area (Å²) in [7, 11) is 0. The Balaban J connectivity index is 1.40. The monoisotopic (exact) mass is 434 g/mol. The SMILES string of the molecule is O=C(NCCNC(=O)c1ccc(Cl)c(Cl)c1)Nc1ccc(-c2nccs2)cc1. The standard InChI is InChI=1S/C19H16Cl2N4O2S/c20-15-6-3-13(11-16(15)21)17(26)22-7-8-24-19(27)25-14-4-1-12(2-5-14)18-23-9-10-28-18/h1-6,9-11H,7-8H2,(H,22,26)(H2,24,25,27). The van der Waals surface area contributed by atoms with E-state index in [0.717, 1.165) is 10.6 Å². The summed E-state index contributed by atoms with van der Waals surface area (Å²) in [5.74, 6) is -0.293. The predicted octanol–water partition coefficient (Wildman–Crippen LogP) is 4.67. The fraction of sp³-hybridized carbons (Fsp3) is 0.105. The number of amides is 3. The molecule has 3 amide bonds. The third-order valence-electron chi connectivity index (χ3n) is 3.70. The highest BCUT2D eigenvalue weighted by Gasteiger charge is 2.08. The summed E-state index contributed by atoms with van der Waals surface area (Å²) in [4.78, 5) is 28.2. The van der Waals surface area contributed by atoms with Crippen LogP contribution in [-0.4, -0.2) is 30.0 Å². The molecule has 6 nitrogen and oxygen atoms in total. The lowest BCUT2D eigenvalue weighted by Gasteiger charge is -2.09. The van der Waals surface area contributed by atoms with Gasteiger partial charge in [-0.15, -0.1) is 11.3 Å². The van der Waals surface area contributed by atoms with Gasteiger partial charge in [0.05, 0.1) is 10.0 Å². The van der Waals surface area contributed by atoms with E-state index in [9.17, 15) is 9.59 Å². The molecule has 2 aromatic carbocycles. The van der Waals surface area contributed by atoms with Gasteiger partial charge in [0.1, 0.15) is 5.01 Å². The fourth-order valence-electron chi connectivity index (χ4n) is 2.33. The molecule has 0 radical (unpaired) electrons. The van der Waals surface area contributed by atoms with E-state index in [1.807, 2.05) is 29.6 Å². The Morgan fingerprint density at radius 3 is 2.39 bits per heavy atom. The molecule has 1 heterocycles. The van der Waals surface area contributed by atoms with Crippen LogP contribution in [0.2, 0.25) is 10.0 Å². The highest BCUT2D eigenvalue weighted by molar-refractivity contribution is 7.13. The fourth-order valence-corrected chi connectivity index (χ4v) is 3.27. The maximum Gasteiger partial charge on any atom is 0.319 e. The number of anilines is 1. The Bertz CT molecular complexity index is 963. The molecular formula is C19H16Cl2N4O2S. The van der Waals surface area contributed by atoms with E-state index in [4.69, 9.17) is 23.2 Å². The number of halogens is 2. The van der Waals surface area contributed by atoms with Crippen molar-refractivity contribution in [2.24, 2.45) is 0 Å². The zero-order valence-corrected chi connectivity index (χ0v) is 16.9. The summed E-state index contributed by atoms with van der Waals surface area (Å²) >= 11 is 13.3. The quantitative estimate of drug-likeness (QED) is 0.492. The van der Waals surface area contributed by atoms with Gasteiger partial charge in [-0.3, -0.25) is 4.79 Å². The maximum atomic E-state index is 12.0. The Labute approximate surface area is 175 Å². The van der Waals surface area contributed by atoms with Crippen molar-refractivity contribution in [1.29, 1.82) is 0 Å². The van der Waals surface area contributed by atoms with Gasteiger partial charge in [0.2, 0.25) is 0 Å². The van der Waals surface area contributed by atoms with Gasteiger partial charge in [-0.05, 0) is 42.5 Å². The lowest BCUT2D eigenvalue weighted by Crippen LogP contribution is -2.36. The van der Waals surface area contributed by atoms with Gasteiger partial charge >= 0.3 is 6.03 Å². The summed E-state index contributed by atoms with van der Waals surface area (Å²) in [5, 5.41) is 11.6. The molecule has 0 unspecified atom stereocenters. The molecule has 3 N–H and O–H groups in total. The molecule has 0 saturated heterocycles. The lowest BCUT2D eigenvalue weighted by atomic mass is 10.2. The van der Waals surface area contributed by atoms with E-state index >= 15 is 0 Å². The van der Waals surface area contributed by atoms with Gasteiger partial charge in [-0.1, -0.05) is 23.2 Å². The highest BCUT2D eigenvalue weighted by Crippen LogP contribution is 2.23. The largest absolute Gasteiger partial charge is 0.350 e. The number of rotatable bonds is 6. The number of nitrogens with zero attached hydrogens (tertiary/aromatic N) is 1. The average Bonchev–Trinajstić information content (AvgIpc) is 3.22. The molecule has 0 fully saturated rings. The Kier molecular flexibility index (Phi) is 6.86. The van der Waals surface area contributed by atoms with E-state index in [-0.39, 0.29) is 25.0 Å². The van der Waals surface area contributed by atoms with Gasteiger partial charge in [0.15, 0.2) is 0 Å². The van der Waals surface area contributed by atoms with Crippen LogP contribution in [0.25, 0.3) is 10.6 Å². The van der Waals surface area contributed by atoms with Gasteiger partial charge in [-0.2, -0.15) is 0 Å². The van der Waals surface area contributed by atoms with Crippen molar-refractivity contribution in [2.45, 2.75) is 0 Å². The van der Waals surface area contributed by atoms with Gasteiger partial charge in [0.25, 0.3) is 5.91 Å². The Morgan fingerprint density at radius 2 is 1.71 bits per heavy atom. The lowest BCUT2D eigenvalue weighted by molar-refractivity contribution is 0.0954. The second-order valence-electron chi connectivity index (χ2n) is 5.68. The van der Waals surface area contributed by atoms with Gasteiger partial charge < -0.3 is 16.0 Å². The number of benzene rings is 2. The van der Waals surface area contributed by atoms with Crippen LogP contribution in [0.15, 0.2) is 54.0 Å². The number of hydrogen-bond donors (Lipinski definition) is 3. The molecule has 0 atom stereocenters. The van der Waals surface area contributed by atoms with E-state index in [0.29, 0.717) is 21.3 Å². The van der Waals surface area contributed by atoms with Crippen molar-refractivity contribution >= 4 is 52.2 Å². The number of thiazole rings is 1. The van der Waals surface area contributed by atoms with E-state index in [1.165, 1.54) is 6.07 Å². The molecule has 0 aliphatic carbocycles. The van der Waals surface area contributed by atoms with Crippen LogP contribution >= 0.6 is 34.5 Å². The van der Waals surface area contributed by atoms with Crippen LogP contribution < -0.4 is 16.0 Å². The van der Waals surface area contributed by atoms with Crippen molar-refractivity contribution in [3.05, 3.63) is 69.7 Å². The second-order valence-corrected chi connectivity index (χ2v) is 7.39. The summed E-state index contributed by atoms with van der Waals surface area (Å²) in [6.45, 7) is 0.547. The molecule has 0 bridgehead atoms. The molecule has 3 rings (SSSR count). The Hall–Kier alpha value is -2.61. The van der Waals surface area contributed by atoms with Gasteiger partial charge in [-0.25, -0.2) is 9.78 Å². The van der Waals surface area contributed by atoms with E-state index in [1.54, 1.807) is 29.7 Å². The average molecular weight is 435 g/mol. The summed E-state index contributed by atoms with van der Waals surface area (Å²) in [5.41, 5.74) is 2.06. The molecule has 1 aromatic heterocycles. The van der Waals surface area contributed by atoms with Crippen LogP contribution in [0.4, 0.5) is 10.5 Å². The second kappa shape index (κ2) is 9.54. The minimum Gasteiger partial charge on any atom is -0.350 e. The van der Waals surface area contributed by atoms with E-state index < -0.39 is 0 Å². The third-order valence-corrected chi connectivity index (χ3v) is 5.26. The number of urea groups is 1. The smallest absolute Gasteiger partial charge is 0.319 e. The van der Waals surface area contributed by atoms with Crippen LogP contribution in [-0.2, 0) is 0 Å². The number of hydrogen-bond acceptors (Lipinski definition) is 4. The van der Waals surface area contributed by atoms with Crippen LogP contribution in [0.1, 0.15) is 10.4 Å². The summed E-state index contributed by atoms with van der Waals surface area (Å²) in [6, 6.07) is 11.7. The minimum atomic E-state index is -0.356. The summed E-state index contributed by atoms with van der Waals surface area (Å²) < 4.78 is 0. The Morgan fingerprint density at radius 1 is 0.964 bits per heavy atom. The maximum absolute atomic E-state index is 12.0. The number of aromatic nitrogens is 1. The molecule has 28 heavy (non-hydrogen) atoms. The van der Waals surface area contributed by atoms with Crippen LogP contribution in [0.5, 0.6) is 0 Å². The molecule has 0 aliphatic heterocycles. The van der Waals surface area contributed by atoms with Crippen molar-refractivity contribution in [1.82, 2.24) is 15.6 Å². The molecule has 0 spiro atoms. The normalized spacial score (nSPS) is 10.4. The molecule has 3 aromatic rings. The first-order valence-electron chi connectivity index (χ1n) is 8.31. The molecule has 0 aliphatic rings. The number of nitrogens with one attached hydrogen (secondary N) is 3. The number of carbonyl (C=O) groups excluding carboxylic acids is 2. The first-order valence-corrected chi connectivity index (χ1v) is 9.94. The highest BCUT2D eigenvalue weighted by atomic mass is 35.5. The van der Waals surface area contributed by atoms with Crippen LogP contribution in [0.3, 0.4) is 0 Å². The zero-order chi connectivity index (χ0) is 19.9. The van der Waals surface area contributed by atoms with Crippen molar-refractivity contribution < 1.29 is 9.59 Å². The van der Waals surface area contributed by atoms with Crippen molar-refractivity contribution in [3.63, 3.8) is 0 Å². The number of carbonyl (C=O) groups is 2. The van der Waals surface area contributed by atoms with E-state index in [2.05, 4.69) is 20.9 Å². The zero-order valence-electron chi connectivity index (χ0n) is 14.5. The summed E-state index contributed by atoms with van der Waals surface area (Å²) in [6.07, 6.45) is 1.75. The van der Waals surface area contributed by atoms with Crippen molar-refractivity contribution in [3.8, 4) is 10.6 Å². The minimum absolute atomic E-state index is 0.273. The first-order chi connectivity index (χ1) is 13.5. The van der Waals surface area contributed by atoms with Crippen molar-refractivity contribution in [2.75, 3.05) is 18.4 Å². The molecule has 144 valence electrons. The van der Waals surface area contributed by atoms with Crippen LogP contribution in [0, 0.1) is 0 Å².